The van der Waals surface area contributed by atoms with E-state index < -0.39 is 0 Å². The standard InChI is InChI=1S/C46H32N2O/c1-5-16-35(17-6-1)47(36-18-7-2-8-19-36)39-30-27-33(28-31-39)40-32-29-34-15-13-24-41-44(34)46(40)49-43-26-14-25-42(45(41)43)48(37-20-9-3-10-21-37)38-22-11-4-12-23-38/h1-32H. The molecular formula is C46H32N2O. The molecule has 0 atom stereocenters. The Kier molecular flexibility index (Phi) is 7.14. The molecule has 0 saturated heterocycles. The largest absolute Gasteiger partial charge is 0.455 e. The van der Waals surface area contributed by atoms with Crippen LogP contribution in [0.1, 0.15) is 0 Å². The molecule has 49 heavy (non-hydrogen) atoms. The highest BCUT2D eigenvalue weighted by Gasteiger charge is 2.28. The highest BCUT2D eigenvalue weighted by atomic mass is 16.5. The summed E-state index contributed by atoms with van der Waals surface area (Å²) in [7, 11) is 0. The molecule has 1 heterocycles. The van der Waals surface area contributed by atoms with Crippen molar-refractivity contribution in [2.75, 3.05) is 9.80 Å². The summed E-state index contributed by atoms with van der Waals surface area (Å²) in [6, 6.07) is 68.2. The summed E-state index contributed by atoms with van der Waals surface area (Å²) in [5, 5.41) is 2.28. The zero-order valence-electron chi connectivity index (χ0n) is 26.8. The molecule has 0 bridgehead atoms. The summed E-state index contributed by atoms with van der Waals surface area (Å²) in [5.74, 6) is 1.73. The van der Waals surface area contributed by atoms with Crippen LogP contribution in [0.2, 0.25) is 0 Å². The van der Waals surface area contributed by atoms with E-state index >= 15 is 0 Å². The minimum atomic E-state index is 0.845. The number of para-hydroxylation sites is 4. The molecule has 0 aliphatic carbocycles. The smallest absolute Gasteiger partial charge is 0.143 e. The Morgan fingerprint density at radius 2 is 0.857 bits per heavy atom. The molecule has 9 rings (SSSR count). The third-order valence-corrected chi connectivity index (χ3v) is 9.22. The van der Waals surface area contributed by atoms with Gasteiger partial charge in [-0.25, -0.2) is 0 Å². The Labute approximate surface area is 286 Å². The van der Waals surface area contributed by atoms with Crippen molar-refractivity contribution in [3.63, 3.8) is 0 Å². The maximum absolute atomic E-state index is 6.98. The first kappa shape index (κ1) is 28.6. The molecule has 0 unspecified atom stereocenters. The fourth-order valence-corrected chi connectivity index (χ4v) is 7.03. The first-order chi connectivity index (χ1) is 24.3. The van der Waals surface area contributed by atoms with Gasteiger partial charge in [-0.3, -0.25) is 0 Å². The van der Waals surface area contributed by atoms with Gasteiger partial charge in [-0.2, -0.15) is 0 Å². The van der Waals surface area contributed by atoms with Crippen molar-refractivity contribution in [1.82, 2.24) is 0 Å². The maximum Gasteiger partial charge on any atom is 0.143 e. The van der Waals surface area contributed by atoms with Crippen LogP contribution in [0.4, 0.5) is 34.1 Å². The zero-order valence-corrected chi connectivity index (χ0v) is 26.8. The van der Waals surface area contributed by atoms with Gasteiger partial charge in [0.1, 0.15) is 11.5 Å². The van der Waals surface area contributed by atoms with Crippen molar-refractivity contribution in [3.8, 4) is 33.8 Å². The molecule has 0 fully saturated rings. The molecule has 1 aliphatic heterocycles. The van der Waals surface area contributed by atoms with Crippen LogP contribution >= 0.6 is 0 Å². The van der Waals surface area contributed by atoms with Crippen LogP contribution in [-0.4, -0.2) is 0 Å². The van der Waals surface area contributed by atoms with E-state index in [2.05, 4.69) is 204 Å². The van der Waals surface area contributed by atoms with E-state index in [1.54, 1.807) is 0 Å². The molecule has 3 nitrogen and oxygen atoms in total. The van der Waals surface area contributed by atoms with Crippen LogP contribution in [-0.2, 0) is 0 Å². The zero-order chi connectivity index (χ0) is 32.6. The number of nitrogens with zero attached hydrogens (tertiary/aromatic N) is 2. The Bertz CT molecular complexity index is 2310. The topological polar surface area (TPSA) is 15.7 Å². The van der Waals surface area contributed by atoms with Gasteiger partial charge < -0.3 is 14.5 Å². The number of hydrogen-bond donors (Lipinski definition) is 0. The number of benzene rings is 8. The Balaban J connectivity index is 1.18. The highest BCUT2D eigenvalue weighted by Crippen LogP contribution is 2.55. The van der Waals surface area contributed by atoms with Gasteiger partial charge in [0.2, 0.25) is 0 Å². The summed E-state index contributed by atoms with van der Waals surface area (Å²) in [6.45, 7) is 0. The molecule has 3 heteroatoms. The summed E-state index contributed by atoms with van der Waals surface area (Å²) in [6.07, 6.45) is 0. The van der Waals surface area contributed by atoms with E-state index in [1.165, 1.54) is 5.56 Å². The van der Waals surface area contributed by atoms with Crippen molar-refractivity contribution in [2.24, 2.45) is 0 Å². The molecule has 0 radical (unpaired) electrons. The number of rotatable bonds is 7. The van der Waals surface area contributed by atoms with E-state index in [-0.39, 0.29) is 0 Å². The molecular weight excluding hydrogens is 597 g/mol. The normalized spacial score (nSPS) is 11.4. The Morgan fingerprint density at radius 1 is 0.347 bits per heavy atom. The van der Waals surface area contributed by atoms with Crippen LogP contribution in [0.15, 0.2) is 194 Å². The van der Waals surface area contributed by atoms with Gasteiger partial charge in [0.05, 0.1) is 5.69 Å². The van der Waals surface area contributed by atoms with Crippen LogP contribution in [0.25, 0.3) is 33.0 Å². The summed E-state index contributed by atoms with van der Waals surface area (Å²) in [4.78, 5) is 4.60. The second-order valence-corrected chi connectivity index (χ2v) is 12.2. The molecule has 8 aromatic carbocycles. The molecule has 1 aliphatic rings. The number of fused-ring (bicyclic) bond motifs is 2. The second kappa shape index (κ2) is 12.2. The summed E-state index contributed by atoms with van der Waals surface area (Å²) >= 11 is 0. The Morgan fingerprint density at radius 3 is 1.43 bits per heavy atom. The predicted octanol–water partition coefficient (Wildman–Crippen LogP) is 13.2. The lowest BCUT2D eigenvalue weighted by Gasteiger charge is -2.31. The highest BCUT2D eigenvalue weighted by molar-refractivity contribution is 6.10. The number of ether oxygens (including phenoxy) is 1. The van der Waals surface area contributed by atoms with Gasteiger partial charge in [0.15, 0.2) is 0 Å². The van der Waals surface area contributed by atoms with Crippen molar-refractivity contribution in [1.29, 1.82) is 0 Å². The summed E-state index contributed by atoms with van der Waals surface area (Å²) in [5.41, 5.74) is 11.0. The van der Waals surface area contributed by atoms with E-state index in [9.17, 15) is 0 Å². The number of anilines is 6. The Hall–Kier alpha value is -6.58. The van der Waals surface area contributed by atoms with Gasteiger partial charge in [0, 0.05) is 45.0 Å². The van der Waals surface area contributed by atoms with Crippen molar-refractivity contribution < 1.29 is 4.74 Å². The van der Waals surface area contributed by atoms with Gasteiger partial charge >= 0.3 is 0 Å². The molecule has 0 spiro atoms. The minimum absolute atomic E-state index is 0.845. The lowest BCUT2D eigenvalue weighted by atomic mass is 9.90. The lowest BCUT2D eigenvalue weighted by Crippen LogP contribution is -2.12. The summed E-state index contributed by atoms with van der Waals surface area (Å²) < 4.78 is 6.98. The molecule has 0 saturated carbocycles. The third-order valence-electron chi connectivity index (χ3n) is 9.22. The predicted molar refractivity (Wildman–Crippen MR) is 204 cm³/mol. The molecule has 232 valence electrons. The number of hydrogen-bond acceptors (Lipinski definition) is 3. The van der Waals surface area contributed by atoms with Crippen molar-refractivity contribution >= 4 is 44.9 Å². The van der Waals surface area contributed by atoms with Crippen molar-refractivity contribution in [2.45, 2.75) is 0 Å². The average Bonchev–Trinajstić information content (AvgIpc) is 3.17. The van der Waals surface area contributed by atoms with Gasteiger partial charge in [-0.1, -0.05) is 115 Å². The van der Waals surface area contributed by atoms with E-state index in [0.29, 0.717) is 0 Å². The average molecular weight is 629 g/mol. The third kappa shape index (κ3) is 5.09. The van der Waals surface area contributed by atoms with E-state index in [1.807, 2.05) is 0 Å². The minimum Gasteiger partial charge on any atom is -0.455 e. The van der Waals surface area contributed by atoms with E-state index in [4.69, 9.17) is 4.74 Å². The van der Waals surface area contributed by atoms with Crippen LogP contribution in [0.5, 0.6) is 11.5 Å². The fourth-order valence-electron chi connectivity index (χ4n) is 7.03. The van der Waals surface area contributed by atoms with Crippen LogP contribution in [0, 0.1) is 0 Å². The first-order valence-electron chi connectivity index (χ1n) is 16.6. The molecule has 0 aromatic heterocycles. The lowest BCUT2D eigenvalue weighted by molar-refractivity contribution is 0.489. The molecule has 8 aromatic rings. The fraction of sp³-hybridized carbons (Fsp3) is 0. The van der Waals surface area contributed by atoms with Crippen LogP contribution in [0.3, 0.4) is 0 Å². The monoisotopic (exact) mass is 628 g/mol. The maximum atomic E-state index is 6.98. The molecule has 0 amide bonds. The molecule has 0 N–H and O–H groups in total. The SMILES string of the molecule is c1ccc(N(c2ccccc2)c2ccc(-c3ccc4cccc5c4c3Oc3cccc(N(c4ccccc4)c4ccccc4)c3-5)cc2)cc1. The van der Waals surface area contributed by atoms with Gasteiger partial charge in [0.25, 0.3) is 0 Å². The first-order valence-corrected chi connectivity index (χ1v) is 16.6. The van der Waals surface area contributed by atoms with Gasteiger partial charge in [-0.05, 0) is 95.4 Å². The van der Waals surface area contributed by atoms with Crippen molar-refractivity contribution in [3.05, 3.63) is 194 Å². The van der Waals surface area contributed by atoms with Gasteiger partial charge in [-0.15, -0.1) is 0 Å². The second-order valence-electron chi connectivity index (χ2n) is 12.2. The quantitative estimate of drug-likeness (QED) is 0.175. The van der Waals surface area contributed by atoms with Crippen LogP contribution < -0.4 is 14.5 Å². The van der Waals surface area contributed by atoms with E-state index in [0.717, 1.165) is 73.1 Å².